The van der Waals surface area contributed by atoms with Gasteiger partial charge in [0.2, 0.25) is 5.91 Å². The maximum Gasteiger partial charge on any atom is 0.227 e. The maximum atomic E-state index is 12.2. The van der Waals surface area contributed by atoms with Crippen LogP contribution in [-0.2, 0) is 11.3 Å². The van der Waals surface area contributed by atoms with Gasteiger partial charge in [0.1, 0.15) is 0 Å². The van der Waals surface area contributed by atoms with E-state index in [1.54, 1.807) is 0 Å². The quantitative estimate of drug-likeness (QED) is 0.844. The molecule has 0 aliphatic carbocycles. The Morgan fingerprint density at radius 3 is 2.42 bits per heavy atom. The number of carbonyl (C=O) groups is 1. The van der Waals surface area contributed by atoms with E-state index in [4.69, 9.17) is 5.73 Å². The van der Waals surface area contributed by atoms with E-state index in [9.17, 15) is 4.79 Å². The van der Waals surface area contributed by atoms with Gasteiger partial charge in [-0.05, 0) is 25.3 Å². The molecule has 0 aliphatic heterocycles. The number of halogens is 1. The van der Waals surface area contributed by atoms with Gasteiger partial charge >= 0.3 is 0 Å². The molecule has 3 N–H and O–H groups in total. The Balaban J connectivity index is 0.00000324. The maximum absolute atomic E-state index is 12.2. The van der Waals surface area contributed by atoms with Gasteiger partial charge in [0.25, 0.3) is 0 Å². The normalized spacial score (nSPS) is 10.7. The van der Waals surface area contributed by atoms with E-state index >= 15 is 0 Å². The average molecular weight is 285 g/mol. The van der Waals surface area contributed by atoms with Crippen LogP contribution < -0.4 is 11.1 Å². The topological polar surface area (TPSA) is 55.1 Å². The average Bonchev–Trinajstić information content (AvgIpc) is 2.39. The van der Waals surface area contributed by atoms with Crippen molar-refractivity contribution in [2.75, 3.05) is 6.54 Å². The SMILES string of the molecule is CCC(CC)(CN)C(=O)NCc1cccc(C)c1.Cl. The predicted octanol–water partition coefficient (Wildman–Crippen LogP) is 2.80. The van der Waals surface area contributed by atoms with E-state index < -0.39 is 5.41 Å². The lowest BCUT2D eigenvalue weighted by atomic mass is 9.81. The molecule has 0 saturated carbocycles. The first-order valence-electron chi connectivity index (χ1n) is 6.62. The molecule has 0 heterocycles. The first-order valence-corrected chi connectivity index (χ1v) is 6.62. The van der Waals surface area contributed by atoms with Gasteiger partial charge in [-0.3, -0.25) is 4.79 Å². The summed E-state index contributed by atoms with van der Waals surface area (Å²) in [7, 11) is 0. The first-order chi connectivity index (χ1) is 8.57. The van der Waals surface area contributed by atoms with Crippen LogP contribution in [0.25, 0.3) is 0 Å². The number of hydrogen-bond acceptors (Lipinski definition) is 2. The molecule has 19 heavy (non-hydrogen) atoms. The van der Waals surface area contributed by atoms with Crippen LogP contribution in [0.5, 0.6) is 0 Å². The Morgan fingerprint density at radius 1 is 1.32 bits per heavy atom. The van der Waals surface area contributed by atoms with Crippen LogP contribution in [0, 0.1) is 12.3 Å². The number of hydrogen-bond donors (Lipinski definition) is 2. The molecule has 0 bridgehead atoms. The Bertz CT molecular complexity index is 395. The summed E-state index contributed by atoms with van der Waals surface area (Å²) in [5.41, 5.74) is 7.68. The number of aryl methyl sites for hydroxylation is 1. The highest BCUT2D eigenvalue weighted by atomic mass is 35.5. The van der Waals surface area contributed by atoms with Crippen LogP contribution in [0.4, 0.5) is 0 Å². The number of carbonyl (C=O) groups excluding carboxylic acids is 1. The van der Waals surface area contributed by atoms with Gasteiger partial charge in [0.15, 0.2) is 0 Å². The largest absolute Gasteiger partial charge is 0.352 e. The van der Waals surface area contributed by atoms with Crippen molar-refractivity contribution in [3.05, 3.63) is 35.4 Å². The Kier molecular flexibility index (Phi) is 7.72. The minimum absolute atomic E-state index is 0. The Morgan fingerprint density at radius 2 is 1.95 bits per heavy atom. The molecule has 1 aromatic carbocycles. The van der Waals surface area contributed by atoms with Gasteiger partial charge < -0.3 is 11.1 Å². The van der Waals surface area contributed by atoms with Crippen molar-refractivity contribution in [3.8, 4) is 0 Å². The third kappa shape index (κ3) is 4.51. The summed E-state index contributed by atoms with van der Waals surface area (Å²) in [5.74, 6) is 0.0662. The molecule has 0 atom stereocenters. The highest BCUT2D eigenvalue weighted by molar-refractivity contribution is 5.85. The fourth-order valence-corrected chi connectivity index (χ4v) is 2.14. The molecule has 4 heteroatoms. The first kappa shape index (κ1) is 17.9. The van der Waals surface area contributed by atoms with Gasteiger partial charge in [0, 0.05) is 13.1 Å². The van der Waals surface area contributed by atoms with E-state index in [-0.39, 0.29) is 18.3 Å². The zero-order chi connectivity index (χ0) is 13.6. The summed E-state index contributed by atoms with van der Waals surface area (Å²) in [4.78, 5) is 12.2. The molecule has 0 fully saturated rings. The number of amides is 1. The molecule has 0 radical (unpaired) electrons. The predicted molar refractivity (Wildman–Crippen MR) is 82.3 cm³/mol. The molecular weight excluding hydrogens is 260 g/mol. The fraction of sp³-hybridized carbons (Fsp3) is 0.533. The van der Waals surface area contributed by atoms with Crippen LogP contribution in [0.15, 0.2) is 24.3 Å². The van der Waals surface area contributed by atoms with Crippen LogP contribution in [0.1, 0.15) is 37.8 Å². The van der Waals surface area contributed by atoms with E-state index in [1.807, 2.05) is 39.0 Å². The van der Waals surface area contributed by atoms with Crippen molar-refractivity contribution >= 4 is 18.3 Å². The third-order valence-corrected chi connectivity index (χ3v) is 3.76. The van der Waals surface area contributed by atoms with Gasteiger partial charge in [-0.25, -0.2) is 0 Å². The molecule has 0 saturated heterocycles. The second-order valence-corrected chi connectivity index (χ2v) is 4.86. The second-order valence-electron chi connectivity index (χ2n) is 4.86. The van der Waals surface area contributed by atoms with Gasteiger partial charge in [-0.2, -0.15) is 0 Å². The van der Waals surface area contributed by atoms with Crippen LogP contribution >= 0.6 is 12.4 Å². The van der Waals surface area contributed by atoms with Gasteiger partial charge in [-0.1, -0.05) is 43.7 Å². The fourth-order valence-electron chi connectivity index (χ4n) is 2.14. The van der Waals surface area contributed by atoms with Crippen molar-refractivity contribution < 1.29 is 4.79 Å². The van der Waals surface area contributed by atoms with Gasteiger partial charge in [0.05, 0.1) is 5.41 Å². The molecule has 1 rings (SSSR count). The van der Waals surface area contributed by atoms with Crippen molar-refractivity contribution in [2.24, 2.45) is 11.1 Å². The summed E-state index contributed by atoms with van der Waals surface area (Å²) < 4.78 is 0. The highest BCUT2D eigenvalue weighted by Crippen LogP contribution is 2.25. The Hall–Kier alpha value is -1.06. The number of nitrogens with two attached hydrogens (primary N) is 1. The molecule has 3 nitrogen and oxygen atoms in total. The Labute approximate surface area is 122 Å². The summed E-state index contributed by atoms with van der Waals surface area (Å²) in [5, 5.41) is 3.00. The summed E-state index contributed by atoms with van der Waals surface area (Å²) in [6, 6.07) is 8.16. The molecule has 108 valence electrons. The lowest BCUT2D eigenvalue weighted by Crippen LogP contribution is -2.45. The second kappa shape index (κ2) is 8.18. The van der Waals surface area contributed by atoms with Crippen molar-refractivity contribution in [1.29, 1.82) is 0 Å². The summed E-state index contributed by atoms with van der Waals surface area (Å²) in [6.45, 7) is 7.06. The minimum Gasteiger partial charge on any atom is -0.352 e. The smallest absolute Gasteiger partial charge is 0.227 e. The molecule has 0 unspecified atom stereocenters. The molecule has 0 spiro atoms. The van der Waals surface area contributed by atoms with Crippen molar-refractivity contribution in [1.82, 2.24) is 5.32 Å². The standard InChI is InChI=1S/C15H24N2O.ClH/c1-4-15(5-2,11-16)14(18)17-10-13-8-6-7-12(3)9-13;/h6-9H,4-5,10-11,16H2,1-3H3,(H,17,18);1H. The lowest BCUT2D eigenvalue weighted by Gasteiger charge is -2.28. The van der Waals surface area contributed by atoms with Crippen molar-refractivity contribution in [3.63, 3.8) is 0 Å². The summed E-state index contributed by atoms with van der Waals surface area (Å²) >= 11 is 0. The van der Waals surface area contributed by atoms with Crippen LogP contribution in [-0.4, -0.2) is 12.5 Å². The molecule has 0 aliphatic rings. The molecule has 1 aromatic rings. The van der Waals surface area contributed by atoms with Crippen LogP contribution in [0.3, 0.4) is 0 Å². The minimum atomic E-state index is -0.413. The molecular formula is C15H25ClN2O. The zero-order valence-corrected chi connectivity index (χ0v) is 12.8. The monoisotopic (exact) mass is 284 g/mol. The third-order valence-electron chi connectivity index (χ3n) is 3.76. The molecule has 1 amide bonds. The van der Waals surface area contributed by atoms with Crippen LogP contribution in [0.2, 0.25) is 0 Å². The van der Waals surface area contributed by atoms with E-state index in [0.717, 1.165) is 18.4 Å². The number of nitrogens with one attached hydrogen (secondary N) is 1. The number of rotatable bonds is 6. The van der Waals surface area contributed by atoms with E-state index in [1.165, 1.54) is 5.56 Å². The lowest BCUT2D eigenvalue weighted by molar-refractivity contribution is -0.131. The van der Waals surface area contributed by atoms with E-state index in [0.29, 0.717) is 13.1 Å². The highest BCUT2D eigenvalue weighted by Gasteiger charge is 2.32. The van der Waals surface area contributed by atoms with Crippen molar-refractivity contribution in [2.45, 2.75) is 40.2 Å². The van der Waals surface area contributed by atoms with E-state index in [2.05, 4.69) is 11.4 Å². The number of benzene rings is 1. The van der Waals surface area contributed by atoms with Gasteiger partial charge in [-0.15, -0.1) is 12.4 Å². The zero-order valence-electron chi connectivity index (χ0n) is 12.0. The summed E-state index contributed by atoms with van der Waals surface area (Å²) in [6.07, 6.45) is 1.55. The molecule has 0 aromatic heterocycles.